The molecule has 0 amide bonds. The van der Waals surface area contributed by atoms with Gasteiger partial charge >= 0.3 is 0 Å². The van der Waals surface area contributed by atoms with Crippen LogP contribution in [0.5, 0.6) is 5.75 Å². The van der Waals surface area contributed by atoms with Crippen molar-refractivity contribution in [1.29, 1.82) is 0 Å². The number of benzene rings is 2. The first-order chi connectivity index (χ1) is 10.4. The fraction of sp³-hybridized carbons (Fsp3) is 0.235. The van der Waals surface area contributed by atoms with Gasteiger partial charge in [0.25, 0.3) is 6.69 Å². The second kappa shape index (κ2) is 7.31. The highest BCUT2D eigenvalue weighted by Gasteiger charge is 2.34. The van der Waals surface area contributed by atoms with E-state index in [-0.39, 0.29) is 11.5 Å². The van der Waals surface area contributed by atoms with Crippen LogP contribution in [-0.2, 0) is 0 Å². The minimum atomic E-state index is -2.40. The molecule has 1 unspecified atom stereocenters. The predicted octanol–water partition coefficient (Wildman–Crippen LogP) is 5.16. The fourth-order valence-electron chi connectivity index (χ4n) is 2.15. The second-order valence-corrected chi connectivity index (χ2v) is 13.0. The van der Waals surface area contributed by atoms with Crippen molar-refractivity contribution >= 4 is 34.6 Å². The lowest BCUT2D eigenvalue weighted by Gasteiger charge is -2.24. The van der Waals surface area contributed by atoms with E-state index in [9.17, 15) is 4.79 Å². The molecule has 0 aliphatic heterocycles. The summed E-state index contributed by atoms with van der Waals surface area (Å²) in [5.41, 5.74) is 1.12. The maximum atomic E-state index is 12.3. The number of hydrogen-bond acceptors (Lipinski definition) is 2. The third-order valence-electron chi connectivity index (χ3n) is 3.37. The average molecular weight is 353 g/mol. The Kier molecular flexibility index (Phi) is 5.67. The highest BCUT2D eigenvalue weighted by Crippen LogP contribution is 2.26. The molecule has 0 radical (unpaired) electrons. The Morgan fingerprint density at radius 1 is 1.05 bits per heavy atom. The molecule has 22 heavy (non-hydrogen) atoms. The lowest BCUT2D eigenvalue weighted by molar-refractivity contribution is 0.103. The molecule has 2 aromatic rings. The number of hydrogen-bond donors (Lipinski definition) is 0. The summed E-state index contributed by atoms with van der Waals surface area (Å²) in [4.78, 5) is 12.3. The quantitative estimate of drug-likeness (QED) is 0.407. The molecule has 2 rings (SSSR count). The molecule has 0 aliphatic carbocycles. The van der Waals surface area contributed by atoms with Gasteiger partial charge in [-0.15, -0.1) is 22.2 Å². The molecule has 0 heterocycles. The van der Waals surface area contributed by atoms with Crippen LogP contribution in [0.15, 0.2) is 54.6 Å². The molecule has 0 spiro atoms. The molecule has 0 saturated carbocycles. The van der Waals surface area contributed by atoms with E-state index < -0.39 is 6.69 Å². The van der Waals surface area contributed by atoms with Crippen molar-refractivity contribution in [1.82, 2.24) is 0 Å². The molecule has 2 nitrogen and oxygen atoms in total. The Balaban J connectivity index is 2.12. The minimum absolute atomic E-state index is 0.00640. The van der Waals surface area contributed by atoms with Gasteiger partial charge in [-0.3, -0.25) is 4.79 Å². The van der Waals surface area contributed by atoms with Gasteiger partial charge in [-0.05, 0) is 37.2 Å². The number of ketones is 1. The maximum absolute atomic E-state index is 12.3. The molecule has 0 bridgehead atoms. The van der Waals surface area contributed by atoms with Crippen LogP contribution in [0.4, 0.5) is 0 Å². The zero-order valence-electron chi connectivity index (χ0n) is 12.6. The van der Waals surface area contributed by atoms with Crippen LogP contribution in [0.1, 0.15) is 29.3 Å². The molecule has 5 heteroatoms. The fourth-order valence-corrected chi connectivity index (χ4v) is 4.40. The van der Waals surface area contributed by atoms with Crippen LogP contribution in [-0.4, -0.2) is 18.2 Å². The van der Waals surface area contributed by atoms with Crippen LogP contribution < -0.4 is 4.74 Å². The average Bonchev–Trinajstić information content (AvgIpc) is 2.52. The summed E-state index contributed by atoms with van der Waals surface area (Å²) in [6.45, 7) is 1.44. The molecular weight excluding hydrogens is 335 g/mol. The van der Waals surface area contributed by atoms with Crippen LogP contribution in [0.2, 0.25) is 6.55 Å². The van der Waals surface area contributed by atoms with Crippen LogP contribution in [0.3, 0.4) is 0 Å². The lowest BCUT2D eigenvalue weighted by atomic mass is 10.0. The molecular formula is C17H18Cl2O2Si. The van der Waals surface area contributed by atoms with E-state index >= 15 is 0 Å². The number of ether oxygens (including phenoxy) is 1. The Morgan fingerprint density at radius 3 is 2.09 bits per heavy atom. The molecule has 0 aliphatic rings. The van der Waals surface area contributed by atoms with Gasteiger partial charge in [0.15, 0.2) is 5.78 Å². The number of rotatable bonds is 6. The van der Waals surface area contributed by atoms with E-state index in [0.717, 1.165) is 6.42 Å². The molecule has 0 aromatic heterocycles. The number of halogens is 2. The summed E-state index contributed by atoms with van der Waals surface area (Å²) in [6, 6.07) is 16.3. The predicted molar refractivity (Wildman–Crippen MR) is 94.3 cm³/mol. The summed E-state index contributed by atoms with van der Waals surface area (Å²) in [5.74, 6) is 0.671. The molecule has 2 aromatic carbocycles. The number of carbonyl (C=O) groups excluding carboxylic acids is 1. The van der Waals surface area contributed by atoms with Gasteiger partial charge < -0.3 is 4.74 Å². The van der Waals surface area contributed by atoms with Crippen molar-refractivity contribution in [2.75, 3.05) is 0 Å². The van der Waals surface area contributed by atoms with Crippen molar-refractivity contribution < 1.29 is 9.53 Å². The second-order valence-electron chi connectivity index (χ2n) is 5.19. The van der Waals surface area contributed by atoms with E-state index in [4.69, 9.17) is 26.9 Å². The van der Waals surface area contributed by atoms with Crippen molar-refractivity contribution in [3.05, 3.63) is 65.7 Å². The van der Waals surface area contributed by atoms with Crippen LogP contribution in [0.25, 0.3) is 0 Å². The van der Waals surface area contributed by atoms with E-state index in [1.165, 1.54) is 0 Å². The third kappa shape index (κ3) is 4.35. The van der Waals surface area contributed by atoms with E-state index in [1.54, 1.807) is 36.4 Å². The Bertz CT molecular complexity index is 621. The first-order valence-electron chi connectivity index (χ1n) is 7.16. The first-order valence-corrected chi connectivity index (χ1v) is 11.8. The van der Waals surface area contributed by atoms with Crippen LogP contribution >= 0.6 is 22.2 Å². The summed E-state index contributed by atoms with van der Waals surface area (Å²) in [5, 5.41) is 0. The van der Waals surface area contributed by atoms with Gasteiger partial charge in [0.05, 0.1) is 0 Å². The minimum Gasteiger partial charge on any atom is -0.491 e. The molecule has 116 valence electrons. The Morgan fingerprint density at radius 2 is 1.59 bits per heavy atom. The highest BCUT2D eigenvalue weighted by molar-refractivity contribution is 7.45. The molecule has 0 N–H and O–H groups in total. The van der Waals surface area contributed by atoms with Gasteiger partial charge in [0, 0.05) is 11.1 Å². The lowest BCUT2D eigenvalue weighted by Crippen LogP contribution is -2.38. The van der Waals surface area contributed by atoms with Crippen molar-refractivity contribution in [3.63, 3.8) is 0 Å². The molecule has 0 fully saturated rings. The van der Waals surface area contributed by atoms with Crippen LogP contribution in [0, 0.1) is 0 Å². The highest BCUT2D eigenvalue weighted by atomic mass is 35.7. The zero-order chi connectivity index (χ0) is 16.2. The Labute approximate surface area is 141 Å². The van der Waals surface area contributed by atoms with Gasteiger partial charge in [0.1, 0.15) is 11.5 Å². The van der Waals surface area contributed by atoms with Crippen molar-refractivity contribution in [3.8, 4) is 5.75 Å². The topological polar surface area (TPSA) is 26.3 Å². The normalized spacial score (nSPS) is 12.7. The Hall–Kier alpha value is -1.29. The van der Waals surface area contributed by atoms with E-state index in [1.807, 2.05) is 31.7 Å². The SMILES string of the molecule is CCC(Oc1ccc(C(=O)c2ccccc2)cc1)[Si](C)(Cl)Cl. The molecule has 0 saturated heterocycles. The summed E-state index contributed by atoms with van der Waals surface area (Å²) >= 11 is 12.5. The van der Waals surface area contributed by atoms with Gasteiger partial charge in [-0.1, -0.05) is 37.3 Å². The summed E-state index contributed by atoms with van der Waals surface area (Å²) in [7, 11) is 0. The number of carbonyl (C=O) groups is 1. The summed E-state index contributed by atoms with van der Waals surface area (Å²) in [6.07, 6.45) is 0.750. The first kappa shape index (κ1) is 17.1. The third-order valence-corrected chi connectivity index (χ3v) is 6.48. The summed E-state index contributed by atoms with van der Waals surface area (Å²) < 4.78 is 5.86. The monoisotopic (exact) mass is 352 g/mol. The van der Waals surface area contributed by atoms with Crippen molar-refractivity contribution in [2.45, 2.75) is 25.6 Å². The van der Waals surface area contributed by atoms with Gasteiger partial charge in [-0.25, -0.2) is 0 Å². The standard InChI is InChI=1S/C17H18Cl2O2Si/c1-3-16(22(2,18)19)21-15-11-9-14(10-12-15)17(20)13-7-5-4-6-8-13/h4-12,16H,3H2,1-2H3. The van der Waals surface area contributed by atoms with Gasteiger partial charge in [0.2, 0.25) is 0 Å². The smallest absolute Gasteiger partial charge is 0.288 e. The van der Waals surface area contributed by atoms with Gasteiger partial charge in [-0.2, -0.15) is 0 Å². The van der Waals surface area contributed by atoms with E-state index in [2.05, 4.69) is 0 Å². The van der Waals surface area contributed by atoms with Crippen molar-refractivity contribution in [2.24, 2.45) is 0 Å². The maximum Gasteiger partial charge on any atom is 0.288 e. The largest absolute Gasteiger partial charge is 0.491 e. The van der Waals surface area contributed by atoms with E-state index in [0.29, 0.717) is 16.9 Å². The molecule has 1 atom stereocenters. The zero-order valence-corrected chi connectivity index (χ0v) is 15.1.